The Balaban J connectivity index is 3.53. The smallest absolute Gasteiger partial charge is 0.289 e. The van der Waals surface area contributed by atoms with E-state index in [4.69, 9.17) is 5.26 Å². The van der Waals surface area contributed by atoms with E-state index in [0.29, 0.717) is 11.1 Å². The number of hydrogen-bond donors (Lipinski definition) is 0. The number of nitro groups is 1. The van der Waals surface area contributed by atoms with Gasteiger partial charge in [0.2, 0.25) is 0 Å². The highest BCUT2D eigenvalue weighted by Gasteiger charge is 2.19. The molecule has 0 atom stereocenters. The monoisotopic (exact) mass is 204 g/mol. The predicted molar refractivity (Wildman–Crippen MR) is 52.6 cm³/mol. The number of carbonyl (C=O) groups is 1. The molecule has 0 aliphatic heterocycles. The fourth-order valence-electron chi connectivity index (χ4n) is 1.31. The lowest BCUT2D eigenvalue weighted by molar-refractivity contribution is -0.385. The Kier molecular flexibility index (Phi) is 2.81. The third-order valence-electron chi connectivity index (χ3n) is 2.01. The van der Waals surface area contributed by atoms with Crippen LogP contribution in [-0.4, -0.2) is 10.7 Å². The van der Waals surface area contributed by atoms with Crippen molar-refractivity contribution in [3.8, 4) is 6.07 Å². The minimum atomic E-state index is -0.613. The van der Waals surface area contributed by atoms with Crippen LogP contribution in [0.1, 0.15) is 28.4 Å². The molecule has 76 valence electrons. The van der Waals surface area contributed by atoms with Gasteiger partial charge in [-0.05, 0) is 26.0 Å². The first-order valence-corrected chi connectivity index (χ1v) is 4.17. The number of ketones is 1. The van der Waals surface area contributed by atoms with E-state index in [9.17, 15) is 14.9 Å². The van der Waals surface area contributed by atoms with Gasteiger partial charge in [0.15, 0.2) is 5.78 Å². The molecule has 5 heteroatoms. The molecule has 0 aliphatic carbocycles. The summed E-state index contributed by atoms with van der Waals surface area (Å²) in [5.74, 6) is -0.218. The zero-order valence-electron chi connectivity index (χ0n) is 8.27. The Morgan fingerprint density at radius 1 is 1.53 bits per heavy atom. The summed E-state index contributed by atoms with van der Waals surface area (Å²) in [6, 6.07) is 4.38. The lowest BCUT2D eigenvalue weighted by atomic mass is 10.0. The molecular formula is C10H8N2O3. The molecular weight excluding hydrogens is 196 g/mol. The van der Waals surface area contributed by atoms with Crippen LogP contribution >= 0.6 is 0 Å². The van der Waals surface area contributed by atoms with Crippen LogP contribution in [-0.2, 0) is 0 Å². The molecule has 0 saturated carbocycles. The van der Waals surface area contributed by atoms with E-state index >= 15 is 0 Å². The summed E-state index contributed by atoms with van der Waals surface area (Å²) in [4.78, 5) is 21.1. The van der Waals surface area contributed by atoms with Gasteiger partial charge < -0.3 is 0 Å². The molecule has 0 amide bonds. The second-order valence-corrected chi connectivity index (χ2v) is 3.11. The maximum Gasteiger partial charge on any atom is 0.289 e. The average molecular weight is 204 g/mol. The first-order chi connectivity index (χ1) is 6.97. The third-order valence-corrected chi connectivity index (χ3v) is 2.01. The van der Waals surface area contributed by atoms with Crippen LogP contribution in [0.3, 0.4) is 0 Å². The molecule has 0 spiro atoms. The molecule has 1 rings (SSSR count). The zero-order valence-corrected chi connectivity index (χ0v) is 8.27. The van der Waals surface area contributed by atoms with Gasteiger partial charge in [-0.15, -0.1) is 0 Å². The molecule has 0 fully saturated rings. The van der Waals surface area contributed by atoms with Crippen molar-refractivity contribution < 1.29 is 9.72 Å². The second kappa shape index (κ2) is 3.88. The number of hydrogen-bond acceptors (Lipinski definition) is 4. The summed E-state index contributed by atoms with van der Waals surface area (Å²) in [7, 11) is 0. The fourth-order valence-corrected chi connectivity index (χ4v) is 1.31. The topological polar surface area (TPSA) is 84.0 Å². The second-order valence-electron chi connectivity index (χ2n) is 3.11. The molecule has 0 saturated heterocycles. The molecule has 15 heavy (non-hydrogen) atoms. The molecule has 5 nitrogen and oxygen atoms in total. The Labute approximate surface area is 86.1 Å². The number of aryl methyl sites for hydroxylation is 1. The Bertz CT molecular complexity index is 486. The molecule has 0 heterocycles. The maximum absolute atomic E-state index is 11.1. The van der Waals surface area contributed by atoms with E-state index in [1.165, 1.54) is 26.0 Å². The highest BCUT2D eigenvalue weighted by atomic mass is 16.6. The summed E-state index contributed by atoms with van der Waals surface area (Å²) in [5, 5.41) is 19.4. The lowest BCUT2D eigenvalue weighted by Crippen LogP contribution is -2.00. The normalized spacial score (nSPS) is 9.40. The number of nitro benzene ring substituents is 1. The van der Waals surface area contributed by atoms with Crippen LogP contribution in [0.25, 0.3) is 0 Å². The maximum atomic E-state index is 11.1. The highest BCUT2D eigenvalue weighted by Crippen LogP contribution is 2.24. The summed E-state index contributed by atoms with van der Waals surface area (Å²) in [6.07, 6.45) is 0. The van der Waals surface area contributed by atoms with Gasteiger partial charge in [0.25, 0.3) is 5.69 Å². The Morgan fingerprint density at radius 2 is 2.13 bits per heavy atom. The quantitative estimate of drug-likeness (QED) is 0.418. The van der Waals surface area contributed by atoms with Gasteiger partial charge in [-0.25, -0.2) is 0 Å². The van der Waals surface area contributed by atoms with E-state index in [1.807, 2.05) is 0 Å². The van der Waals surface area contributed by atoms with Crippen molar-refractivity contribution in [1.29, 1.82) is 5.26 Å². The molecule has 0 N–H and O–H groups in total. The third kappa shape index (κ3) is 1.99. The van der Waals surface area contributed by atoms with Crippen molar-refractivity contribution >= 4 is 11.5 Å². The Hall–Kier alpha value is -2.22. The molecule has 0 bridgehead atoms. The number of rotatable bonds is 2. The molecule has 1 aromatic rings. The summed E-state index contributed by atoms with van der Waals surface area (Å²) in [5.41, 5.74) is 0.326. The van der Waals surface area contributed by atoms with Crippen molar-refractivity contribution in [2.45, 2.75) is 13.8 Å². The Morgan fingerprint density at radius 3 is 2.53 bits per heavy atom. The van der Waals surface area contributed by atoms with Crippen molar-refractivity contribution in [3.63, 3.8) is 0 Å². The first kappa shape index (κ1) is 10.9. The standard InChI is InChI=1S/C10H8N2O3/c1-6-3-8(7(2)13)4-9(5-11)10(6)12(14)15/h3-4H,1-2H3. The minimum absolute atomic E-state index is 0.0785. The summed E-state index contributed by atoms with van der Waals surface area (Å²) < 4.78 is 0. The largest absolute Gasteiger partial charge is 0.295 e. The number of nitriles is 1. The van der Waals surface area contributed by atoms with Crippen molar-refractivity contribution in [2.75, 3.05) is 0 Å². The van der Waals surface area contributed by atoms with Crippen LogP contribution in [0.15, 0.2) is 12.1 Å². The van der Waals surface area contributed by atoms with Crippen LogP contribution < -0.4 is 0 Å². The minimum Gasteiger partial charge on any atom is -0.295 e. The van der Waals surface area contributed by atoms with Crippen molar-refractivity contribution in [2.24, 2.45) is 0 Å². The molecule has 0 aromatic heterocycles. The van der Waals surface area contributed by atoms with Crippen LogP contribution in [0.2, 0.25) is 0 Å². The van der Waals surface area contributed by atoms with E-state index in [-0.39, 0.29) is 17.0 Å². The summed E-state index contributed by atoms with van der Waals surface area (Å²) in [6.45, 7) is 2.85. The van der Waals surface area contributed by atoms with Gasteiger partial charge in [0.05, 0.1) is 4.92 Å². The van der Waals surface area contributed by atoms with Crippen molar-refractivity contribution in [1.82, 2.24) is 0 Å². The summed E-state index contributed by atoms with van der Waals surface area (Å²) >= 11 is 0. The predicted octanol–water partition coefficient (Wildman–Crippen LogP) is 1.98. The van der Waals surface area contributed by atoms with Gasteiger partial charge >= 0.3 is 0 Å². The fraction of sp³-hybridized carbons (Fsp3) is 0.200. The molecule has 0 radical (unpaired) electrons. The highest BCUT2D eigenvalue weighted by molar-refractivity contribution is 5.95. The van der Waals surface area contributed by atoms with Crippen LogP contribution in [0.5, 0.6) is 0 Å². The molecule has 1 aromatic carbocycles. The van der Waals surface area contributed by atoms with E-state index in [0.717, 1.165) is 0 Å². The molecule has 0 aliphatic rings. The SMILES string of the molecule is CC(=O)c1cc(C)c([N+](=O)[O-])c(C#N)c1. The molecule has 0 unspecified atom stereocenters. The zero-order chi connectivity index (χ0) is 11.6. The van der Waals surface area contributed by atoms with E-state index < -0.39 is 4.92 Å². The van der Waals surface area contributed by atoms with Crippen LogP contribution in [0, 0.1) is 28.4 Å². The van der Waals surface area contributed by atoms with Gasteiger partial charge in [0, 0.05) is 11.1 Å². The number of benzene rings is 1. The number of nitrogens with zero attached hydrogens (tertiary/aromatic N) is 2. The van der Waals surface area contributed by atoms with Crippen molar-refractivity contribution in [3.05, 3.63) is 38.9 Å². The lowest BCUT2D eigenvalue weighted by Gasteiger charge is -2.01. The first-order valence-electron chi connectivity index (χ1n) is 4.17. The van der Waals surface area contributed by atoms with Gasteiger partial charge in [0.1, 0.15) is 11.6 Å². The average Bonchev–Trinajstić information content (AvgIpc) is 2.15. The van der Waals surface area contributed by atoms with E-state index in [2.05, 4.69) is 0 Å². The van der Waals surface area contributed by atoms with E-state index in [1.54, 1.807) is 6.07 Å². The number of carbonyl (C=O) groups excluding carboxylic acids is 1. The van der Waals surface area contributed by atoms with Gasteiger partial charge in [-0.2, -0.15) is 5.26 Å². The van der Waals surface area contributed by atoms with Crippen LogP contribution in [0.4, 0.5) is 5.69 Å². The van der Waals surface area contributed by atoms with Gasteiger partial charge in [-0.3, -0.25) is 14.9 Å². The van der Waals surface area contributed by atoms with Gasteiger partial charge in [-0.1, -0.05) is 0 Å². The number of Topliss-reactive ketones (excluding diaryl/α,β-unsaturated/α-hetero) is 1.